The van der Waals surface area contributed by atoms with E-state index in [9.17, 15) is 9.90 Å². The van der Waals surface area contributed by atoms with Gasteiger partial charge in [-0.3, -0.25) is 9.69 Å². The fraction of sp³-hybridized carbons (Fsp3) is 0.381. The van der Waals surface area contributed by atoms with E-state index >= 15 is 0 Å². The smallest absolute Gasteiger partial charge is 0.253 e. The Balaban J connectivity index is 1.75. The molecule has 2 aromatic rings. The summed E-state index contributed by atoms with van der Waals surface area (Å²) >= 11 is 0. The largest absolute Gasteiger partial charge is 0.392 e. The number of ether oxygens (including phenoxy) is 1. The molecular formula is C21H26N2O3. The van der Waals surface area contributed by atoms with Crippen LogP contribution < -0.4 is 0 Å². The van der Waals surface area contributed by atoms with Gasteiger partial charge < -0.3 is 14.7 Å². The van der Waals surface area contributed by atoms with Crippen molar-refractivity contribution >= 4 is 5.91 Å². The zero-order valence-electron chi connectivity index (χ0n) is 15.3. The fourth-order valence-electron chi connectivity index (χ4n) is 3.51. The van der Waals surface area contributed by atoms with Gasteiger partial charge in [0.05, 0.1) is 25.4 Å². The number of hydrogen-bond donors (Lipinski definition) is 1. The van der Waals surface area contributed by atoms with Crippen LogP contribution in [0.3, 0.4) is 0 Å². The van der Waals surface area contributed by atoms with Gasteiger partial charge in [0.15, 0.2) is 0 Å². The number of carbonyl (C=O) groups excluding carboxylic acids is 1. The van der Waals surface area contributed by atoms with E-state index < -0.39 is 0 Å². The van der Waals surface area contributed by atoms with Gasteiger partial charge in [0.25, 0.3) is 5.91 Å². The number of benzene rings is 2. The Bertz CT molecular complexity index is 735. The number of likely N-dealkylation sites (N-methyl/N-ethyl adjacent to an activating group) is 2. The van der Waals surface area contributed by atoms with E-state index in [2.05, 4.69) is 24.1 Å². The van der Waals surface area contributed by atoms with Gasteiger partial charge in [-0.15, -0.1) is 0 Å². The highest BCUT2D eigenvalue weighted by Gasteiger charge is 2.33. The quantitative estimate of drug-likeness (QED) is 0.895. The van der Waals surface area contributed by atoms with Gasteiger partial charge in [0.2, 0.25) is 0 Å². The number of aliphatic hydroxyl groups excluding tert-OH is 1. The van der Waals surface area contributed by atoms with Crippen molar-refractivity contribution in [2.45, 2.75) is 18.8 Å². The normalized spacial score (nSPS) is 20.7. The molecule has 0 aromatic heterocycles. The molecule has 1 N–H and O–H groups in total. The van der Waals surface area contributed by atoms with Crippen LogP contribution in [0, 0.1) is 0 Å². The highest BCUT2D eigenvalue weighted by Crippen LogP contribution is 2.28. The minimum Gasteiger partial charge on any atom is -0.392 e. The van der Waals surface area contributed by atoms with Crippen molar-refractivity contribution in [3.05, 3.63) is 71.3 Å². The van der Waals surface area contributed by atoms with Crippen molar-refractivity contribution in [1.82, 2.24) is 9.80 Å². The van der Waals surface area contributed by atoms with E-state index in [1.54, 1.807) is 36.2 Å². The van der Waals surface area contributed by atoms with E-state index in [0.717, 1.165) is 12.1 Å². The lowest BCUT2D eigenvalue weighted by Crippen LogP contribution is -2.48. The Morgan fingerprint density at radius 1 is 1.23 bits per heavy atom. The second-order valence-corrected chi connectivity index (χ2v) is 6.79. The van der Waals surface area contributed by atoms with Gasteiger partial charge in [0, 0.05) is 25.7 Å². The van der Waals surface area contributed by atoms with Gasteiger partial charge >= 0.3 is 0 Å². The summed E-state index contributed by atoms with van der Waals surface area (Å²) in [5, 5.41) is 9.28. The third kappa shape index (κ3) is 4.12. The van der Waals surface area contributed by atoms with Crippen LogP contribution >= 0.6 is 0 Å². The van der Waals surface area contributed by atoms with Crippen molar-refractivity contribution in [1.29, 1.82) is 0 Å². The Hall–Kier alpha value is -2.21. The molecule has 5 heteroatoms. The minimum absolute atomic E-state index is 0.0658. The number of nitrogens with zero attached hydrogens (tertiary/aromatic N) is 2. The highest BCUT2D eigenvalue weighted by molar-refractivity contribution is 5.94. The molecule has 2 aromatic carbocycles. The van der Waals surface area contributed by atoms with Gasteiger partial charge in [-0.25, -0.2) is 0 Å². The van der Waals surface area contributed by atoms with E-state index in [1.807, 2.05) is 18.2 Å². The van der Waals surface area contributed by atoms with Gasteiger partial charge in [-0.2, -0.15) is 0 Å². The first-order valence-electron chi connectivity index (χ1n) is 8.92. The van der Waals surface area contributed by atoms with Gasteiger partial charge in [0.1, 0.15) is 0 Å². The molecule has 0 aliphatic carbocycles. The van der Waals surface area contributed by atoms with Crippen LogP contribution in [0.2, 0.25) is 0 Å². The first kappa shape index (κ1) is 18.6. The number of hydrogen-bond acceptors (Lipinski definition) is 4. The Labute approximate surface area is 154 Å². The Morgan fingerprint density at radius 2 is 2.00 bits per heavy atom. The summed E-state index contributed by atoms with van der Waals surface area (Å²) in [6, 6.07) is 17.5. The lowest BCUT2D eigenvalue weighted by atomic mass is 9.98. The van der Waals surface area contributed by atoms with Crippen molar-refractivity contribution in [2.24, 2.45) is 0 Å². The molecule has 138 valence electrons. The average molecular weight is 354 g/mol. The Kier molecular flexibility index (Phi) is 6.04. The third-order valence-electron chi connectivity index (χ3n) is 4.90. The molecule has 1 aliphatic rings. The lowest BCUT2D eigenvalue weighted by molar-refractivity contribution is -0.0707. The fourth-order valence-corrected chi connectivity index (χ4v) is 3.51. The predicted octanol–water partition coefficient (Wildman–Crippen LogP) is 2.32. The van der Waals surface area contributed by atoms with E-state index in [0.29, 0.717) is 18.7 Å². The standard InChI is InChI=1S/C21H26N2O3/c1-22-11-12-26-19(20(22)17-8-4-3-5-9-17)14-23(2)21(25)18-10-6-7-16(13-18)15-24/h3-10,13,19-20,24H,11-12,14-15H2,1-2H3/t19-,20-/m0/s1. The van der Waals surface area contributed by atoms with E-state index in [1.165, 1.54) is 5.56 Å². The van der Waals surface area contributed by atoms with Gasteiger partial charge in [-0.05, 0) is 30.3 Å². The molecule has 0 unspecified atom stereocenters. The monoisotopic (exact) mass is 354 g/mol. The number of carbonyl (C=O) groups is 1. The first-order valence-corrected chi connectivity index (χ1v) is 8.92. The Morgan fingerprint density at radius 3 is 2.73 bits per heavy atom. The molecule has 3 rings (SSSR count). The van der Waals surface area contributed by atoms with E-state index in [4.69, 9.17) is 4.74 Å². The third-order valence-corrected chi connectivity index (χ3v) is 4.90. The average Bonchev–Trinajstić information content (AvgIpc) is 2.68. The first-order chi connectivity index (χ1) is 12.6. The maximum atomic E-state index is 12.8. The second-order valence-electron chi connectivity index (χ2n) is 6.79. The van der Waals surface area contributed by atoms with Crippen LogP contribution in [0.1, 0.15) is 27.5 Å². The summed E-state index contributed by atoms with van der Waals surface area (Å²) in [6.07, 6.45) is -0.0916. The number of aliphatic hydroxyl groups is 1. The minimum atomic E-state index is -0.0916. The molecule has 0 saturated carbocycles. The van der Waals surface area contributed by atoms with Crippen molar-refractivity contribution in [2.75, 3.05) is 33.8 Å². The second kappa shape index (κ2) is 8.45. The summed E-state index contributed by atoms with van der Waals surface area (Å²) in [6.45, 7) is 1.96. The molecule has 0 bridgehead atoms. The highest BCUT2D eigenvalue weighted by atomic mass is 16.5. The summed E-state index contributed by atoms with van der Waals surface area (Å²) in [5.74, 6) is -0.0658. The van der Waals surface area contributed by atoms with E-state index in [-0.39, 0.29) is 24.7 Å². The molecule has 5 nitrogen and oxygen atoms in total. The van der Waals surface area contributed by atoms with Crippen LogP contribution in [0.15, 0.2) is 54.6 Å². The number of amides is 1. The topological polar surface area (TPSA) is 53.0 Å². The maximum Gasteiger partial charge on any atom is 0.253 e. The van der Waals surface area contributed by atoms with Crippen LogP contribution in [-0.2, 0) is 11.3 Å². The van der Waals surface area contributed by atoms with Crippen molar-refractivity contribution in [3.63, 3.8) is 0 Å². The van der Waals surface area contributed by atoms with Crippen LogP contribution in [-0.4, -0.2) is 60.7 Å². The maximum absolute atomic E-state index is 12.8. The van der Waals surface area contributed by atoms with Crippen LogP contribution in [0.5, 0.6) is 0 Å². The van der Waals surface area contributed by atoms with Gasteiger partial charge in [-0.1, -0.05) is 42.5 Å². The van der Waals surface area contributed by atoms with Crippen LogP contribution in [0.4, 0.5) is 0 Å². The summed E-state index contributed by atoms with van der Waals surface area (Å²) in [7, 11) is 3.90. The number of rotatable bonds is 5. The molecular weight excluding hydrogens is 328 g/mol. The zero-order chi connectivity index (χ0) is 18.5. The molecule has 1 fully saturated rings. The zero-order valence-corrected chi connectivity index (χ0v) is 15.3. The van der Waals surface area contributed by atoms with Crippen molar-refractivity contribution < 1.29 is 14.6 Å². The molecule has 1 heterocycles. The molecule has 0 radical (unpaired) electrons. The van der Waals surface area contributed by atoms with Crippen LogP contribution in [0.25, 0.3) is 0 Å². The summed E-state index contributed by atoms with van der Waals surface area (Å²) in [4.78, 5) is 16.8. The molecule has 0 spiro atoms. The SMILES string of the molecule is CN(C[C@@H]1OCCN(C)[C@H]1c1ccccc1)C(=O)c1cccc(CO)c1. The molecule has 1 saturated heterocycles. The van der Waals surface area contributed by atoms with Crippen molar-refractivity contribution in [3.8, 4) is 0 Å². The summed E-state index contributed by atoms with van der Waals surface area (Å²) in [5.41, 5.74) is 2.52. The number of morpholine rings is 1. The lowest BCUT2D eigenvalue weighted by Gasteiger charge is -2.40. The molecule has 2 atom stereocenters. The molecule has 26 heavy (non-hydrogen) atoms. The predicted molar refractivity (Wildman–Crippen MR) is 101 cm³/mol. The summed E-state index contributed by atoms with van der Waals surface area (Å²) < 4.78 is 6.04. The molecule has 1 amide bonds. The molecule has 1 aliphatic heterocycles.